The van der Waals surface area contributed by atoms with Gasteiger partial charge in [-0.1, -0.05) is 0 Å². The maximum Gasteiger partial charge on any atom is 0.274 e. The number of hydrogen-bond donors (Lipinski definition) is 2. The highest BCUT2D eigenvalue weighted by Gasteiger charge is 2.20. The molecule has 0 amide bonds. The second-order valence-electron chi connectivity index (χ2n) is 4.37. The molecule has 0 saturated carbocycles. The summed E-state index contributed by atoms with van der Waals surface area (Å²) in [5.74, 6) is 0.664. The van der Waals surface area contributed by atoms with Gasteiger partial charge in [-0.3, -0.25) is 9.69 Å². The fraction of sp³-hybridized carbons (Fsp3) is 0.636. The second-order valence-corrected chi connectivity index (χ2v) is 4.37. The predicted molar refractivity (Wildman–Crippen MR) is 67.2 cm³/mol. The SMILES string of the molecule is Cc1nc(C)c(N2CCN(CN)CC2)c(=O)[nH]1. The standard InChI is InChI=1S/C11H19N5O/c1-8-10(11(17)14-9(2)13-8)16-5-3-15(7-12)4-6-16/h3-7,12H2,1-2H3,(H,13,14,17). The summed E-state index contributed by atoms with van der Waals surface area (Å²) in [4.78, 5) is 23.3. The monoisotopic (exact) mass is 237 g/mol. The Morgan fingerprint density at radius 3 is 2.47 bits per heavy atom. The average molecular weight is 237 g/mol. The normalized spacial score (nSPS) is 17.5. The van der Waals surface area contributed by atoms with Crippen LogP contribution in [0.1, 0.15) is 11.5 Å². The molecular weight excluding hydrogens is 218 g/mol. The van der Waals surface area contributed by atoms with Crippen LogP contribution in [-0.4, -0.2) is 47.7 Å². The Labute approximate surface area is 100 Å². The van der Waals surface area contributed by atoms with Crippen molar-refractivity contribution in [3.05, 3.63) is 21.9 Å². The highest BCUT2D eigenvalue weighted by molar-refractivity contribution is 5.48. The van der Waals surface area contributed by atoms with Gasteiger partial charge in [0.25, 0.3) is 5.56 Å². The molecule has 1 aliphatic heterocycles. The van der Waals surface area contributed by atoms with Gasteiger partial charge in [-0.05, 0) is 13.8 Å². The third kappa shape index (κ3) is 2.48. The molecule has 94 valence electrons. The van der Waals surface area contributed by atoms with Crippen LogP contribution in [0.15, 0.2) is 4.79 Å². The van der Waals surface area contributed by atoms with Crippen LogP contribution in [0, 0.1) is 13.8 Å². The van der Waals surface area contributed by atoms with E-state index >= 15 is 0 Å². The molecule has 3 N–H and O–H groups in total. The first-order valence-corrected chi connectivity index (χ1v) is 5.86. The van der Waals surface area contributed by atoms with Crippen LogP contribution in [0.4, 0.5) is 5.69 Å². The largest absolute Gasteiger partial charge is 0.363 e. The van der Waals surface area contributed by atoms with Crippen molar-refractivity contribution in [3.63, 3.8) is 0 Å². The Kier molecular flexibility index (Phi) is 3.44. The van der Waals surface area contributed by atoms with Gasteiger partial charge in [0.2, 0.25) is 0 Å². The molecule has 1 saturated heterocycles. The van der Waals surface area contributed by atoms with Gasteiger partial charge in [-0.15, -0.1) is 0 Å². The molecule has 6 nitrogen and oxygen atoms in total. The fourth-order valence-corrected chi connectivity index (χ4v) is 2.25. The molecule has 1 aromatic heterocycles. The molecule has 0 radical (unpaired) electrons. The number of piperazine rings is 1. The third-order valence-corrected chi connectivity index (χ3v) is 3.13. The van der Waals surface area contributed by atoms with E-state index in [1.807, 2.05) is 6.92 Å². The second kappa shape index (κ2) is 4.85. The van der Waals surface area contributed by atoms with Gasteiger partial charge < -0.3 is 15.6 Å². The maximum atomic E-state index is 11.9. The van der Waals surface area contributed by atoms with Gasteiger partial charge >= 0.3 is 0 Å². The van der Waals surface area contributed by atoms with Crippen molar-refractivity contribution < 1.29 is 0 Å². The van der Waals surface area contributed by atoms with Gasteiger partial charge in [0.15, 0.2) is 0 Å². The first-order chi connectivity index (χ1) is 8.11. The van der Waals surface area contributed by atoms with E-state index in [9.17, 15) is 4.79 Å². The van der Waals surface area contributed by atoms with Gasteiger partial charge in [0.1, 0.15) is 11.5 Å². The number of nitrogens with one attached hydrogen (secondary N) is 1. The lowest BCUT2D eigenvalue weighted by atomic mass is 10.2. The van der Waals surface area contributed by atoms with Crippen molar-refractivity contribution in [2.24, 2.45) is 5.73 Å². The first kappa shape index (κ1) is 12.1. The minimum atomic E-state index is -0.0452. The lowest BCUT2D eigenvalue weighted by Crippen LogP contribution is -2.49. The van der Waals surface area contributed by atoms with Crippen LogP contribution in [0.25, 0.3) is 0 Å². The molecule has 1 aromatic rings. The van der Waals surface area contributed by atoms with E-state index in [1.54, 1.807) is 6.92 Å². The van der Waals surface area contributed by atoms with Crippen LogP contribution >= 0.6 is 0 Å². The highest BCUT2D eigenvalue weighted by Crippen LogP contribution is 2.14. The molecule has 0 aromatic carbocycles. The molecule has 0 spiro atoms. The Hall–Kier alpha value is -1.40. The van der Waals surface area contributed by atoms with Gasteiger partial charge in [-0.2, -0.15) is 0 Å². The predicted octanol–water partition coefficient (Wildman–Crippen LogP) is -0.575. The molecule has 1 fully saturated rings. The summed E-state index contributed by atoms with van der Waals surface area (Å²) in [6.45, 7) is 7.69. The average Bonchev–Trinajstić information content (AvgIpc) is 2.28. The topological polar surface area (TPSA) is 78.2 Å². The van der Waals surface area contributed by atoms with Crippen LogP contribution in [0.5, 0.6) is 0 Å². The van der Waals surface area contributed by atoms with E-state index in [-0.39, 0.29) is 5.56 Å². The minimum Gasteiger partial charge on any atom is -0.363 e. The Morgan fingerprint density at radius 1 is 1.29 bits per heavy atom. The summed E-state index contributed by atoms with van der Waals surface area (Å²) in [7, 11) is 0. The number of rotatable bonds is 2. The summed E-state index contributed by atoms with van der Waals surface area (Å²) in [5, 5.41) is 0. The molecule has 6 heteroatoms. The van der Waals surface area contributed by atoms with Crippen LogP contribution in [0.3, 0.4) is 0 Å². The van der Waals surface area contributed by atoms with E-state index in [2.05, 4.69) is 19.8 Å². The van der Waals surface area contributed by atoms with Crippen molar-refractivity contribution in [2.75, 3.05) is 37.7 Å². The van der Waals surface area contributed by atoms with Crippen molar-refractivity contribution >= 4 is 5.69 Å². The minimum absolute atomic E-state index is 0.0452. The summed E-state index contributed by atoms with van der Waals surface area (Å²) < 4.78 is 0. The summed E-state index contributed by atoms with van der Waals surface area (Å²) in [6, 6.07) is 0. The number of H-pyrrole nitrogens is 1. The Balaban J connectivity index is 2.22. The number of hydrogen-bond acceptors (Lipinski definition) is 5. The van der Waals surface area contributed by atoms with Gasteiger partial charge in [0.05, 0.1) is 5.69 Å². The summed E-state index contributed by atoms with van der Waals surface area (Å²) >= 11 is 0. The molecular formula is C11H19N5O. The lowest BCUT2D eigenvalue weighted by Gasteiger charge is -2.35. The third-order valence-electron chi connectivity index (χ3n) is 3.13. The number of anilines is 1. The molecule has 2 heterocycles. The number of aromatic amines is 1. The molecule has 0 bridgehead atoms. The summed E-state index contributed by atoms with van der Waals surface area (Å²) in [5.41, 5.74) is 7.05. The van der Waals surface area contributed by atoms with E-state index in [0.29, 0.717) is 18.2 Å². The molecule has 0 atom stereocenters. The van der Waals surface area contributed by atoms with Crippen molar-refractivity contribution in [2.45, 2.75) is 13.8 Å². The quantitative estimate of drug-likeness (QED) is 0.720. The van der Waals surface area contributed by atoms with E-state index in [1.165, 1.54) is 0 Å². The Morgan fingerprint density at radius 2 is 1.94 bits per heavy atom. The zero-order chi connectivity index (χ0) is 12.4. The van der Waals surface area contributed by atoms with Crippen molar-refractivity contribution in [3.8, 4) is 0 Å². The first-order valence-electron chi connectivity index (χ1n) is 5.86. The zero-order valence-electron chi connectivity index (χ0n) is 10.4. The van der Waals surface area contributed by atoms with Crippen molar-refractivity contribution in [1.29, 1.82) is 0 Å². The maximum absolute atomic E-state index is 11.9. The lowest BCUT2D eigenvalue weighted by molar-refractivity contribution is 0.264. The number of aryl methyl sites for hydroxylation is 2. The molecule has 1 aliphatic rings. The van der Waals surface area contributed by atoms with E-state index in [4.69, 9.17) is 5.73 Å². The smallest absolute Gasteiger partial charge is 0.274 e. The highest BCUT2D eigenvalue weighted by atomic mass is 16.1. The van der Waals surface area contributed by atoms with Crippen molar-refractivity contribution in [1.82, 2.24) is 14.9 Å². The van der Waals surface area contributed by atoms with Crippen LogP contribution in [-0.2, 0) is 0 Å². The molecule has 2 rings (SSSR count). The van der Waals surface area contributed by atoms with Crippen LogP contribution < -0.4 is 16.2 Å². The molecule has 0 unspecified atom stereocenters. The van der Waals surface area contributed by atoms with Crippen LogP contribution in [0.2, 0.25) is 0 Å². The molecule has 17 heavy (non-hydrogen) atoms. The zero-order valence-corrected chi connectivity index (χ0v) is 10.4. The number of nitrogens with zero attached hydrogens (tertiary/aromatic N) is 3. The fourth-order valence-electron chi connectivity index (χ4n) is 2.25. The Bertz CT molecular complexity index is 448. The van der Waals surface area contributed by atoms with Gasteiger partial charge in [0, 0.05) is 32.8 Å². The number of aromatic nitrogens is 2. The van der Waals surface area contributed by atoms with E-state index in [0.717, 1.165) is 31.9 Å². The van der Waals surface area contributed by atoms with E-state index < -0.39 is 0 Å². The number of nitrogens with two attached hydrogens (primary N) is 1. The molecule has 0 aliphatic carbocycles. The summed E-state index contributed by atoms with van der Waals surface area (Å²) in [6.07, 6.45) is 0. The van der Waals surface area contributed by atoms with Gasteiger partial charge in [-0.25, -0.2) is 4.98 Å².